The number of thioether (sulfide) groups is 1. The molecule has 0 radical (unpaired) electrons. The number of para-hydroxylation sites is 1. The topological polar surface area (TPSA) is 66.9 Å². The molecule has 0 atom stereocenters. The first-order valence-electron chi connectivity index (χ1n) is 12.7. The Labute approximate surface area is 239 Å². The van der Waals surface area contributed by atoms with E-state index < -0.39 is 0 Å². The standard InChI is InChI=1S/C35H28N2O2S/c1-26-11-10-17-33(35(26)37(38)39)32(24-19-27-12-4-3-5-13-27)29(21-20-28-14-6-7-16-31(28)25-36)22-23-30-15-8-9-18-34(30)40-2/h3-24H,1-2H3. The van der Waals surface area contributed by atoms with Crippen molar-refractivity contribution in [3.63, 3.8) is 0 Å². The Morgan fingerprint density at radius 2 is 1.45 bits per heavy atom. The second kappa shape index (κ2) is 13.7. The second-order valence-corrected chi connectivity index (χ2v) is 9.80. The van der Waals surface area contributed by atoms with Gasteiger partial charge in [0.25, 0.3) is 5.69 Å². The van der Waals surface area contributed by atoms with Crippen LogP contribution in [0.2, 0.25) is 0 Å². The molecule has 4 rings (SSSR count). The van der Waals surface area contributed by atoms with Crippen molar-refractivity contribution in [2.75, 3.05) is 6.26 Å². The Bertz CT molecular complexity index is 1680. The third-order valence-corrected chi connectivity index (χ3v) is 7.18. The molecule has 0 aromatic heterocycles. The molecular weight excluding hydrogens is 512 g/mol. The van der Waals surface area contributed by atoms with Crippen molar-refractivity contribution >= 4 is 41.3 Å². The minimum atomic E-state index is -0.319. The smallest absolute Gasteiger partial charge is 0.258 e. The Morgan fingerprint density at radius 1 is 0.800 bits per heavy atom. The van der Waals surface area contributed by atoms with E-state index in [4.69, 9.17) is 0 Å². The summed E-state index contributed by atoms with van der Waals surface area (Å²) in [6.07, 6.45) is 13.7. The van der Waals surface area contributed by atoms with Crippen molar-refractivity contribution in [2.45, 2.75) is 11.8 Å². The van der Waals surface area contributed by atoms with Gasteiger partial charge < -0.3 is 0 Å². The number of allylic oxidation sites excluding steroid dienone is 5. The molecule has 4 nitrogen and oxygen atoms in total. The highest BCUT2D eigenvalue weighted by Crippen LogP contribution is 2.34. The third-order valence-electron chi connectivity index (χ3n) is 6.37. The minimum Gasteiger partial charge on any atom is -0.258 e. The van der Waals surface area contributed by atoms with Crippen LogP contribution < -0.4 is 0 Å². The zero-order valence-corrected chi connectivity index (χ0v) is 23.1. The minimum absolute atomic E-state index is 0.0662. The van der Waals surface area contributed by atoms with Crippen LogP contribution in [0, 0.1) is 28.4 Å². The Balaban J connectivity index is 2.00. The number of rotatable bonds is 9. The Kier molecular flexibility index (Phi) is 9.66. The number of hydrogen-bond donors (Lipinski definition) is 0. The van der Waals surface area contributed by atoms with Gasteiger partial charge >= 0.3 is 0 Å². The molecule has 5 heteroatoms. The van der Waals surface area contributed by atoms with Crippen molar-refractivity contribution in [1.82, 2.24) is 0 Å². The van der Waals surface area contributed by atoms with E-state index in [9.17, 15) is 15.4 Å². The van der Waals surface area contributed by atoms with Gasteiger partial charge in [-0.3, -0.25) is 10.1 Å². The van der Waals surface area contributed by atoms with E-state index in [1.54, 1.807) is 36.9 Å². The van der Waals surface area contributed by atoms with Crippen LogP contribution in [0.1, 0.15) is 33.4 Å². The summed E-state index contributed by atoms with van der Waals surface area (Å²) in [6, 6.07) is 32.9. The van der Waals surface area contributed by atoms with E-state index in [0.717, 1.165) is 27.2 Å². The number of nitrogens with zero attached hydrogens (tertiary/aromatic N) is 2. The van der Waals surface area contributed by atoms with Crippen LogP contribution >= 0.6 is 11.8 Å². The summed E-state index contributed by atoms with van der Waals surface area (Å²) in [5, 5.41) is 21.9. The van der Waals surface area contributed by atoms with Crippen LogP contribution in [-0.2, 0) is 0 Å². The first-order chi connectivity index (χ1) is 19.5. The number of nitro groups is 1. The summed E-state index contributed by atoms with van der Waals surface area (Å²) in [5.74, 6) is 0. The molecule has 0 aliphatic heterocycles. The Morgan fingerprint density at radius 3 is 2.15 bits per heavy atom. The van der Waals surface area contributed by atoms with Gasteiger partial charge in [0.05, 0.1) is 22.1 Å². The van der Waals surface area contributed by atoms with Crippen LogP contribution in [0.5, 0.6) is 0 Å². The fraction of sp³-hybridized carbons (Fsp3) is 0.0571. The average Bonchev–Trinajstić information content (AvgIpc) is 2.98. The van der Waals surface area contributed by atoms with Gasteiger partial charge in [0.1, 0.15) is 0 Å². The van der Waals surface area contributed by atoms with Crippen LogP contribution in [0.4, 0.5) is 5.69 Å². The third kappa shape index (κ3) is 6.93. The maximum absolute atomic E-state index is 12.3. The van der Waals surface area contributed by atoms with Crippen LogP contribution in [0.15, 0.2) is 126 Å². The molecule has 0 unspecified atom stereocenters. The molecule has 0 amide bonds. The number of nitriles is 1. The SMILES string of the molecule is CSc1ccccc1C=CC(C=Cc1ccccc1C#N)=C(C=Cc1ccccc1)c1cccc(C)c1[N+](=O)[O-]. The summed E-state index contributed by atoms with van der Waals surface area (Å²) >= 11 is 1.66. The monoisotopic (exact) mass is 540 g/mol. The predicted molar refractivity (Wildman–Crippen MR) is 168 cm³/mol. The molecule has 0 saturated heterocycles. The second-order valence-electron chi connectivity index (χ2n) is 8.95. The molecule has 4 aromatic carbocycles. The van der Waals surface area contributed by atoms with Gasteiger partial charge in [-0.05, 0) is 59.2 Å². The molecule has 196 valence electrons. The first kappa shape index (κ1) is 28.1. The van der Waals surface area contributed by atoms with E-state index in [1.807, 2.05) is 116 Å². The van der Waals surface area contributed by atoms with Crippen molar-refractivity contribution in [3.8, 4) is 6.07 Å². The summed E-state index contributed by atoms with van der Waals surface area (Å²) in [7, 11) is 0. The van der Waals surface area contributed by atoms with Gasteiger partial charge in [0.2, 0.25) is 0 Å². The first-order valence-corrected chi connectivity index (χ1v) is 13.9. The quantitative estimate of drug-likeness (QED) is 0.0918. The van der Waals surface area contributed by atoms with Crippen LogP contribution in [-0.4, -0.2) is 11.2 Å². The van der Waals surface area contributed by atoms with Crippen LogP contribution in [0.25, 0.3) is 23.8 Å². The van der Waals surface area contributed by atoms with Gasteiger partial charge in [-0.1, -0.05) is 115 Å². The molecule has 4 aromatic rings. The number of hydrogen-bond acceptors (Lipinski definition) is 4. The fourth-order valence-corrected chi connectivity index (χ4v) is 4.93. The highest BCUT2D eigenvalue weighted by atomic mass is 32.2. The van der Waals surface area contributed by atoms with E-state index in [1.165, 1.54) is 0 Å². The highest BCUT2D eigenvalue weighted by molar-refractivity contribution is 7.98. The summed E-state index contributed by atoms with van der Waals surface area (Å²) in [6.45, 7) is 1.75. The lowest BCUT2D eigenvalue weighted by atomic mass is 9.93. The van der Waals surface area contributed by atoms with Crippen molar-refractivity contribution in [3.05, 3.63) is 164 Å². The van der Waals surface area contributed by atoms with Gasteiger partial charge in [0.15, 0.2) is 0 Å². The number of nitro benzene ring substituents is 1. The van der Waals surface area contributed by atoms with Gasteiger partial charge in [-0.25, -0.2) is 0 Å². The number of benzene rings is 4. The maximum Gasteiger partial charge on any atom is 0.280 e. The van der Waals surface area contributed by atoms with E-state index in [-0.39, 0.29) is 10.6 Å². The molecule has 0 bridgehead atoms. The fourth-order valence-electron chi connectivity index (χ4n) is 4.35. The zero-order valence-electron chi connectivity index (χ0n) is 22.3. The molecule has 0 N–H and O–H groups in total. The summed E-state index contributed by atoms with van der Waals surface area (Å²) in [5.41, 5.74) is 5.98. The van der Waals surface area contributed by atoms with Crippen molar-refractivity contribution < 1.29 is 4.92 Å². The van der Waals surface area contributed by atoms with Crippen LogP contribution in [0.3, 0.4) is 0 Å². The molecule has 0 saturated carbocycles. The van der Waals surface area contributed by atoms with Crippen molar-refractivity contribution in [1.29, 1.82) is 5.26 Å². The molecule has 0 spiro atoms. The predicted octanol–water partition coefficient (Wildman–Crippen LogP) is 9.39. The zero-order chi connectivity index (χ0) is 28.3. The molecule has 0 heterocycles. The lowest BCUT2D eigenvalue weighted by molar-refractivity contribution is -0.385. The van der Waals surface area contributed by atoms with E-state index in [0.29, 0.717) is 22.3 Å². The lowest BCUT2D eigenvalue weighted by Gasteiger charge is -2.11. The maximum atomic E-state index is 12.3. The van der Waals surface area contributed by atoms with E-state index in [2.05, 4.69) is 12.1 Å². The number of aryl methyl sites for hydroxylation is 1. The highest BCUT2D eigenvalue weighted by Gasteiger charge is 2.20. The van der Waals surface area contributed by atoms with Crippen molar-refractivity contribution in [2.24, 2.45) is 0 Å². The molecule has 40 heavy (non-hydrogen) atoms. The largest absolute Gasteiger partial charge is 0.280 e. The normalized spacial score (nSPS) is 12.1. The Hall–Kier alpha value is -4.92. The van der Waals surface area contributed by atoms with Gasteiger partial charge in [0, 0.05) is 10.5 Å². The summed E-state index contributed by atoms with van der Waals surface area (Å²) in [4.78, 5) is 13.1. The van der Waals surface area contributed by atoms with E-state index >= 15 is 0 Å². The molecule has 0 aliphatic rings. The molecular formula is C35H28N2O2S. The lowest BCUT2D eigenvalue weighted by Crippen LogP contribution is -1.98. The summed E-state index contributed by atoms with van der Waals surface area (Å²) < 4.78 is 0. The molecule has 0 fully saturated rings. The molecule has 0 aliphatic carbocycles. The van der Waals surface area contributed by atoms with Gasteiger partial charge in [-0.15, -0.1) is 11.8 Å². The average molecular weight is 541 g/mol. The van der Waals surface area contributed by atoms with Gasteiger partial charge in [-0.2, -0.15) is 5.26 Å².